The highest BCUT2D eigenvalue weighted by atomic mass is 35.5. The number of fused-ring (bicyclic) bond motifs is 2. The third-order valence-electron chi connectivity index (χ3n) is 6.28. The number of nitrogens with zero attached hydrogens (tertiary/aromatic N) is 3. The number of aromatic nitrogens is 2. The van der Waals surface area contributed by atoms with Crippen LogP contribution in [0.1, 0.15) is 19.3 Å². The monoisotopic (exact) mass is 689 g/mol. The number of halogens is 4. The summed E-state index contributed by atoms with van der Waals surface area (Å²) in [4.78, 5) is 37.1. The molecule has 3 heterocycles. The lowest BCUT2D eigenvalue weighted by molar-refractivity contribution is 0.0900. The summed E-state index contributed by atoms with van der Waals surface area (Å²) in [6, 6.07) is 14.6. The highest BCUT2D eigenvalue weighted by Gasteiger charge is 2.34. The third kappa shape index (κ3) is 5.63. The van der Waals surface area contributed by atoms with E-state index in [-0.39, 0.29) is 36.5 Å². The molecule has 0 saturated carbocycles. The Hall–Kier alpha value is -4.05. The van der Waals surface area contributed by atoms with Crippen molar-refractivity contribution in [3.63, 3.8) is 0 Å². The van der Waals surface area contributed by atoms with Crippen LogP contribution in [0.15, 0.2) is 77.8 Å². The second-order valence-corrected chi connectivity index (χ2v) is 13.6. The van der Waals surface area contributed by atoms with Crippen LogP contribution in [0, 0.1) is 11.6 Å². The molecule has 3 aromatic heterocycles. The summed E-state index contributed by atoms with van der Waals surface area (Å²) in [5, 5.41) is 8.92. The minimum absolute atomic E-state index is 0.00142. The summed E-state index contributed by atoms with van der Waals surface area (Å²) in [6.07, 6.45) is 1.29. The van der Waals surface area contributed by atoms with Gasteiger partial charge in [0.25, 0.3) is 11.8 Å². The second-order valence-electron chi connectivity index (χ2n) is 9.15. The van der Waals surface area contributed by atoms with E-state index < -0.39 is 33.5 Å². The zero-order valence-corrected chi connectivity index (χ0v) is 25.7. The Morgan fingerprint density at radius 3 is 1.84 bits per heavy atom. The van der Waals surface area contributed by atoms with Gasteiger partial charge in [-0.1, -0.05) is 23.2 Å². The van der Waals surface area contributed by atoms with E-state index in [1.54, 1.807) is 0 Å². The van der Waals surface area contributed by atoms with Gasteiger partial charge in [0.2, 0.25) is 16.0 Å². The largest absolute Gasteiger partial charge is 0.340 e. The lowest BCUT2D eigenvalue weighted by Gasteiger charge is -2.19. The maximum absolute atomic E-state index is 14.1. The molecule has 0 aliphatic heterocycles. The highest BCUT2D eigenvalue weighted by Crippen LogP contribution is 2.40. The number of sulfonamides is 1. The molecule has 0 unspecified atom stereocenters. The minimum Gasteiger partial charge on any atom is -0.340 e. The molecule has 9 nitrogen and oxygen atoms in total. The minimum atomic E-state index is -3.91. The van der Waals surface area contributed by atoms with Crippen molar-refractivity contribution in [2.45, 2.75) is 4.90 Å². The van der Waals surface area contributed by atoms with E-state index in [9.17, 15) is 26.8 Å². The molecule has 0 bridgehead atoms. The Labute approximate surface area is 265 Å². The predicted octanol–water partition coefficient (Wildman–Crippen LogP) is 7.37. The lowest BCUT2D eigenvalue weighted by Crippen LogP contribution is -2.38. The summed E-state index contributed by atoms with van der Waals surface area (Å²) in [6.45, 7) is 0. The van der Waals surface area contributed by atoms with Gasteiger partial charge in [-0.3, -0.25) is 9.59 Å². The third-order valence-corrected chi connectivity index (χ3v) is 10.5. The molecule has 0 spiro atoms. The van der Waals surface area contributed by atoms with Crippen LogP contribution in [0.25, 0.3) is 20.2 Å². The zero-order chi connectivity index (χ0) is 31.3. The summed E-state index contributed by atoms with van der Waals surface area (Å²) < 4.78 is 51.8. The van der Waals surface area contributed by atoms with Crippen molar-refractivity contribution in [1.82, 2.24) is 9.97 Å². The Balaban J connectivity index is 1.45. The van der Waals surface area contributed by atoms with Crippen molar-refractivity contribution >= 4 is 105 Å². The predicted molar refractivity (Wildman–Crippen MR) is 168 cm³/mol. The molecule has 0 saturated heterocycles. The second kappa shape index (κ2) is 11.5. The fraction of sp³-hybridized carbons (Fsp3) is 0. The SMILES string of the molecule is NS(=O)(=O)c1ccc(Nc2ccnc(N(C(=O)c3sc4cc(F)ccc4c3Cl)C(=O)c3sc4cc(F)ccc4c3Cl)n2)cc1. The average Bonchev–Trinajstić information content (AvgIpc) is 3.48. The molecule has 44 heavy (non-hydrogen) atoms. The van der Waals surface area contributed by atoms with E-state index in [1.807, 2.05) is 0 Å². The smallest absolute Gasteiger partial charge is 0.279 e. The molecule has 0 radical (unpaired) electrons. The van der Waals surface area contributed by atoms with E-state index >= 15 is 0 Å². The van der Waals surface area contributed by atoms with Gasteiger partial charge in [-0.2, -0.15) is 4.98 Å². The van der Waals surface area contributed by atoms with Crippen LogP contribution >= 0.6 is 45.9 Å². The number of nitrogens with two attached hydrogens (primary N) is 1. The first kappa shape index (κ1) is 30.0. The number of hydrogen-bond acceptors (Lipinski definition) is 9. The summed E-state index contributed by atoms with van der Waals surface area (Å²) >= 11 is 14.8. The average molecular weight is 691 g/mol. The normalized spacial score (nSPS) is 11.7. The van der Waals surface area contributed by atoms with Crippen molar-refractivity contribution < 1.29 is 26.8 Å². The lowest BCUT2D eigenvalue weighted by atomic mass is 10.2. The molecule has 6 aromatic rings. The van der Waals surface area contributed by atoms with Crippen LogP contribution in [-0.2, 0) is 10.0 Å². The number of carbonyl (C=O) groups excluding carboxylic acids is 2. The number of hydrogen-bond donors (Lipinski definition) is 2. The molecular weight excluding hydrogens is 675 g/mol. The standard InChI is InChI=1S/C28H15Cl2F2N5O4S3/c29-22-17-7-1-13(31)11-19(17)42-24(22)26(38)37(27(39)25-23(30)18-8-2-14(32)12-20(18)43-25)28-34-10-9-21(36-28)35-15-3-5-16(6-4-15)44(33,40)41/h1-12H,(H2,33,40,41)(H,34,35,36). The molecule has 6 rings (SSSR count). The first-order chi connectivity index (χ1) is 20.9. The van der Waals surface area contributed by atoms with Gasteiger partial charge in [0.15, 0.2) is 0 Å². The van der Waals surface area contributed by atoms with E-state index in [4.69, 9.17) is 28.3 Å². The molecule has 0 atom stereocenters. The quantitative estimate of drug-likeness (QED) is 0.174. The van der Waals surface area contributed by atoms with Gasteiger partial charge in [0.05, 0.1) is 14.9 Å². The van der Waals surface area contributed by atoms with Gasteiger partial charge >= 0.3 is 0 Å². The van der Waals surface area contributed by atoms with Crippen molar-refractivity contribution in [1.29, 1.82) is 0 Å². The van der Waals surface area contributed by atoms with Crippen molar-refractivity contribution in [3.05, 3.63) is 104 Å². The summed E-state index contributed by atoms with van der Waals surface area (Å²) in [7, 11) is -3.91. The first-order valence-electron chi connectivity index (χ1n) is 12.3. The number of imide groups is 1. The molecule has 222 valence electrons. The summed E-state index contributed by atoms with van der Waals surface area (Å²) in [5.74, 6) is -3.10. The van der Waals surface area contributed by atoms with Crippen molar-refractivity contribution in [3.8, 4) is 0 Å². The number of primary sulfonamides is 1. The van der Waals surface area contributed by atoms with Crippen molar-refractivity contribution in [2.24, 2.45) is 5.14 Å². The molecule has 0 aliphatic carbocycles. The van der Waals surface area contributed by atoms with Crippen LogP contribution in [0.5, 0.6) is 0 Å². The molecule has 3 N–H and O–H groups in total. The molecule has 0 aliphatic rings. The fourth-order valence-corrected chi connectivity index (χ4v) is 7.68. The Morgan fingerprint density at radius 2 is 1.34 bits per heavy atom. The van der Waals surface area contributed by atoms with Gasteiger partial charge < -0.3 is 5.32 Å². The number of rotatable bonds is 6. The van der Waals surface area contributed by atoms with Crippen molar-refractivity contribution in [2.75, 3.05) is 10.2 Å². The van der Waals surface area contributed by atoms with Crippen LogP contribution in [0.3, 0.4) is 0 Å². The number of amides is 2. The number of thiophene rings is 2. The fourth-order valence-electron chi connectivity index (χ4n) is 4.23. The Kier molecular flexibility index (Phi) is 7.82. The molecule has 2 amide bonds. The van der Waals surface area contributed by atoms with E-state index in [1.165, 1.54) is 72.9 Å². The topological polar surface area (TPSA) is 135 Å². The van der Waals surface area contributed by atoms with Crippen LogP contribution in [0.4, 0.5) is 26.2 Å². The van der Waals surface area contributed by atoms with Gasteiger partial charge in [0.1, 0.15) is 27.2 Å². The summed E-state index contributed by atoms with van der Waals surface area (Å²) in [5.41, 5.74) is 0.412. The van der Waals surface area contributed by atoms with E-state index in [0.717, 1.165) is 22.7 Å². The van der Waals surface area contributed by atoms with Crippen LogP contribution in [0.2, 0.25) is 10.0 Å². The van der Waals surface area contributed by atoms with Gasteiger partial charge in [-0.05, 0) is 66.7 Å². The number of anilines is 3. The maximum Gasteiger partial charge on any atom is 0.279 e. The molecular formula is C28H15Cl2F2N5O4S3. The molecule has 16 heteroatoms. The van der Waals surface area contributed by atoms with E-state index in [2.05, 4.69) is 15.3 Å². The van der Waals surface area contributed by atoms with Gasteiger partial charge in [-0.15, -0.1) is 22.7 Å². The van der Waals surface area contributed by atoms with Gasteiger partial charge in [0, 0.05) is 32.1 Å². The Morgan fingerprint density at radius 1 is 0.818 bits per heavy atom. The maximum atomic E-state index is 14.1. The van der Waals surface area contributed by atoms with Crippen LogP contribution in [-0.4, -0.2) is 30.2 Å². The number of carbonyl (C=O) groups is 2. The van der Waals surface area contributed by atoms with E-state index in [0.29, 0.717) is 30.8 Å². The highest BCUT2D eigenvalue weighted by molar-refractivity contribution is 7.89. The number of nitrogens with one attached hydrogen (secondary N) is 1. The Bertz CT molecular complexity index is 2140. The zero-order valence-electron chi connectivity index (χ0n) is 21.7. The molecule has 0 fully saturated rings. The first-order valence-corrected chi connectivity index (χ1v) is 16.2. The van der Waals surface area contributed by atoms with Crippen LogP contribution < -0.4 is 15.4 Å². The molecule has 3 aromatic carbocycles. The van der Waals surface area contributed by atoms with Gasteiger partial charge in [-0.25, -0.2) is 32.2 Å². The number of benzene rings is 3.